The lowest BCUT2D eigenvalue weighted by Gasteiger charge is -2.10. The Bertz CT molecular complexity index is 1390. The maximum atomic E-state index is 11.4. The van der Waals surface area contributed by atoms with Crippen LogP contribution in [-0.2, 0) is 6.54 Å². The number of ether oxygens (including phenoxy) is 1. The van der Waals surface area contributed by atoms with Crippen molar-refractivity contribution in [2.75, 3.05) is 6.61 Å². The highest BCUT2D eigenvalue weighted by Crippen LogP contribution is 2.40. The van der Waals surface area contributed by atoms with Crippen LogP contribution in [0.1, 0.15) is 0 Å². The highest BCUT2D eigenvalue weighted by Gasteiger charge is 2.18. The van der Waals surface area contributed by atoms with E-state index in [-0.39, 0.29) is 11.6 Å². The molecule has 0 aliphatic carbocycles. The average Bonchev–Trinajstić information content (AvgIpc) is 3.09. The van der Waals surface area contributed by atoms with Gasteiger partial charge < -0.3 is 14.4 Å². The van der Waals surface area contributed by atoms with E-state index in [1.807, 2.05) is 60.7 Å². The minimum absolute atomic E-state index is 0.0553. The zero-order valence-corrected chi connectivity index (χ0v) is 16.7. The molecular weight excluding hydrogens is 388 g/mol. The van der Waals surface area contributed by atoms with Crippen LogP contribution in [0.4, 0.5) is 5.69 Å². The number of hydrogen-bond acceptors (Lipinski definition) is 4. The van der Waals surface area contributed by atoms with Gasteiger partial charge in [-0.25, -0.2) is 0 Å². The smallest absolute Gasteiger partial charge is 0.222 e. The van der Waals surface area contributed by atoms with Crippen LogP contribution in [0.25, 0.3) is 32.8 Å². The Labute approximate surface area is 179 Å². The van der Waals surface area contributed by atoms with Crippen LogP contribution >= 0.6 is 0 Å². The van der Waals surface area contributed by atoms with Gasteiger partial charge in [0.25, 0.3) is 0 Å². The number of fused-ring (bicyclic) bond motifs is 2. The van der Waals surface area contributed by atoms with Crippen LogP contribution in [0.3, 0.4) is 0 Å². The molecule has 1 heterocycles. The summed E-state index contributed by atoms with van der Waals surface area (Å²) < 4.78 is 7.46. The fraction of sp³-hybridized carbons (Fsp3) is 0.0769. The monoisotopic (exact) mass is 408 g/mol. The van der Waals surface area contributed by atoms with Gasteiger partial charge >= 0.3 is 0 Å². The number of aromatic nitrogens is 1. The van der Waals surface area contributed by atoms with Crippen molar-refractivity contribution < 1.29 is 9.84 Å². The maximum absolute atomic E-state index is 11.4. The summed E-state index contributed by atoms with van der Waals surface area (Å²) in [7, 11) is 0. The van der Waals surface area contributed by atoms with Crippen LogP contribution < -0.4 is 4.74 Å². The molecule has 0 saturated heterocycles. The van der Waals surface area contributed by atoms with Gasteiger partial charge in [0, 0.05) is 5.39 Å². The first-order chi connectivity index (χ1) is 15.2. The summed E-state index contributed by atoms with van der Waals surface area (Å²) in [4.78, 5) is 11.4. The van der Waals surface area contributed by atoms with Crippen molar-refractivity contribution in [3.63, 3.8) is 0 Å². The Hall–Kier alpha value is -4.12. The summed E-state index contributed by atoms with van der Waals surface area (Å²) in [6.45, 7) is 0.730. The number of nitrogens with zero attached hydrogens (tertiary/aromatic N) is 2. The Morgan fingerprint density at radius 3 is 2.32 bits per heavy atom. The van der Waals surface area contributed by atoms with Crippen molar-refractivity contribution in [3.8, 4) is 22.8 Å². The molecule has 0 saturated carbocycles. The Balaban J connectivity index is 1.53. The van der Waals surface area contributed by atoms with E-state index in [0.29, 0.717) is 18.5 Å². The molecule has 0 aliphatic rings. The zero-order chi connectivity index (χ0) is 21.2. The van der Waals surface area contributed by atoms with Crippen LogP contribution in [0.2, 0.25) is 0 Å². The molecule has 0 amide bonds. The fourth-order valence-electron chi connectivity index (χ4n) is 3.95. The topological polar surface area (TPSA) is 63.8 Å². The zero-order valence-electron chi connectivity index (χ0n) is 16.7. The van der Waals surface area contributed by atoms with Crippen molar-refractivity contribution in [1.82, 2.24) is 4.57 Å². The fourth-order valence-corrected chi connectivity index (χ4v) is 3.95. The molecule has 0 aliphatic heterocycles. The van der Waals surface area contributed by atoms with E-state index in [1.165, 1.54) is 5.39 Å². The molecule has 0 spiro atoms. The van der Waals surface area contributed by atoms with E-state index in [4.69, 9.17) is 4.74 Å². The van der Waals surface area contributed by atoms with Crippen molar-refractivity contribution in [2.24, 2.45) is 5.18 Å². The first-order valence-electron chi connectivity index (χ1n) is 10.1. The van der Waals surface area contributed by atoms with Crippen LogP contribution in [0.5, 0.6) is 11.6 Å². The quantitative estimate of drug-likeness (QED) is 0.320. The number of para-hydroxylation sites is 1. The normalized spacial score (nSPS) is 11.1. The van der Waals surface area contributed by atoms with Crippen molar-refractivity contribution >= 4 is 27.4 Å². The number of rotatable bonds is 6. The SMILES string of the molecule is O=Nc1c(O)n(CCOc2ccccc2)c2cc(-c3ccc4ccccc4c3)ccc12. The van der Waals surface area contributed by atoms with Crippen LogP contribution in [-0.4, -0.2) is 16.3 Å². The summed E-state index contributed by atoms with van der Waals surface area (Å²) in [6.07, 6.45) is 0. The van der Waals surface area contributed by atoms with Gasteiger partial charge in [0.15, 0.2) is 5.69 Å². The summed E-state index contributed by atoms with van der Waals surface area (Å²) in [5, 5.41) is 16.7. The summed E-state index contributed by atoms with van der Waals surface area (Å²) >= 11 is 0. The number of hydrogen-bond donors (Lipinski definition) is 1. The highest BCUT2D eigenvalue weighted by molar-refractivity contribution is 5.98. The van der Waals surface area contributed by atoms with Crippen molar-refractivity contribution in [2.45, 2.75) is 6.54 Å². The van der Waals surface area contributed by atoms with Gasteiger partial charge in [-0.3, -0.25) is 0 Å². The molecule has 152 valence electrons. The molecule has 0 radical (unpaired) electrons. The Morgan fingerprint density at radius 1 is 0.806 bits per heavy atom. The van der Waals surface area contributed by atoms with E-state index < -0.39 is 0 Å². The van der Waals surface area contributed by atoms with Crippen molar-refractivity contribution in [1.29, 1.82) is 0 Å². The van der Waals surface area contributed by atoms with Gasteiger partial charge in [0.05, 0.1) is 12.1 Å². The Morgan fingerprint density at radius 2 is 1.52 bits per heavy atom. The van der Waals surface area contributed by atoms with E-state index in [0.717, 1.165) is 27.8 Å². The molecule has 5 rings (SSSR count). The third kappa shape index (κ3) is 3.51. The lowest BCUT2D eigenvalue weighted by Crippen LogP contribution is -2.07. The van der Waals surface area contributed by atoms with E-state index in [2.05, 4.69) is 35.5 Å². The van der Waals surface area contributed by atoms with Crippen molar-refractivity contribution in [3.05, 3.63) is 95.9 Å². The summed E-state index contributed by atoms with van der Waals surface area (Å²) in [6, 6.07) is 29.8. The second-order valence-corrected chi connectivity index (χ2v) is 7.37. The third-order valence-electron chi connectivity index (χ3n) is 5.51. The van der Waals surface area contributed by atoms with Gasteiger partial charge in [-0.05, 0) is 57.4 Å². The lowest BCUT2D eigenvalue weighted by molar-refractivity contribution is 0.290. The largest absolute Gasteiger partial charge is 0.493 e. The van der Waals surface area contributed by atoms with E-state index in [9.17, 15) is 10.0 Å². The average molecular weight is 408 g/mol. The molecule has 1 aromatic heterocycles. The maximum Gasteiger partial charge on any atom is 0.222 e. The second-order valence-electron chi connectivity index (χ2n) is 7.37. The van der Waals surface area contributed by atoms with Crippen LogP contribution in [0.15, 0.2) is 96.2 Å². The second kappa shape index (κ2) is 7.95. The first-order valence-corrected chi connectivity index (χ1v) is 10.1. The molecule has 0 bridgehead atoms. The van der Waals surface area contributed by atoms with E-state index in [1.54, 1.807) is 4.57 Å². The summed E-state index contributed by atoms with van der Waals surface area (Å²) in [5.74, 6) is 0.612. The molecule has 0 fully saturated rings. The predicted octanol–water partition coefficient (Wildman–Crippen LogP) is 6.64. The number of nitroso groups, excluding NO2 is 1. The van der Waals surface area contributed by atoms with Gasteiger partial charge in [0.1, 0.15) is 12.4 Å². The lowest BCUT2D eigenvalue weighted by atomic mass is 10.0. The molecule has 0 unspecified atom stereocenters. The molecule has 4 aromatic carbocycles. The number of aromatic hydroxyl groups is 1. The van der Waals surface area contributed by atoms with Crippen LogP contribution in [0, 0.1) is 4.91 Å². The van der Waals surface area contributed by atoms with Gasteiger partial charge in [-0.15, -0.1) is 4.91 Å². The molecule has 5 aromatic rings. The molecule has 5 nitrogen and oxygen atoms in total. The van der Waals surface area contributed by atoms with Gasteiger partial charge in [-0.2, -0.15) is 0 Å². The minimum Gasteiger partial charge on any atom is -0.493 e. The highest BCUT2D eigenvalue weighted by atomic mass is 16.5. The van der Waals surface area contributed by atoms with Gasteiger partial charge in [-0.1, -0.05) is 60.7 Å². The Kier molecular flexibility index (Phi) is 4.84. The third-order valence-corrected chi connectivity index (χ3v) is 5.51. The van der Waals surface area contributed by atoms with Gasteiger partial charge in [0.2, 0.25) is 5.88 Å². The standard InChI is InChI=1S/C26H20N2O3/c29-26-25(27-30)23-13-12-21(20-11-10-18-6-4-5-7-19(18)16-20)17-24(23)28(26)14-15-31-22-8-2-1-3-9-22/h1-13,16-17,29H,14-15H2. The first kappa shape index (κ1) is 18.9. The minimum atomic E-state index is -0.141. The molecule has 0 atom stereocenters. The number of benzene rings is 4. The molecule has 1 N–H and O–H groups in total. The summed E-state index contributed by atoms with van der Waals surface area (Å²) in [5.41, 5.74) is 2.86. The van der Waals surface area contributed by atoms with E-state index >= 15 is 0 Å². The molecular formula is C26H20N2O3. The predicted molar refractivity (Wildman–Crippen MR) is 124 cm³/mol. The molecule has 5 heteroatoms. The molecule has 31 heavy (non-hydrogen) atoms.